The van der Waals surface area contributed by atoms with Crippen molar-refractivity contribution in [2.24, 2.45) is 0 Å². The van der Waals surface area contributed by atoms with E-state index in [-0.39, 0.29) is 11.9 Å². The lowest BCUT2D eigenvalue weighted by molar-refractivity contribution is -0.120. The monoisotopic (exact) mass is 354 g/mol. The maximum atomic E-state index is 12.3. The van der Waals surface area contributed by atoms with Crippen molar-refractivity contribution < 1.29 is 4.79 Å². The first-order valence-corrected chi connectivity index (χ1v) is 9.07. The topological polar surface area (TPSA) is 50.2 Å². The molecule has 1 N–H and O–H groups in total. The maximum Gasteiger partial charge on any atom is 0.224 e. The summed E-state index contributed by atoms with van der Waals surface area (Å²) in [6.45, 7) is 0.596. The van der Waals surface area contributed by atoms with Crippen molar-refractivity contribution in [3.63, 3.8) is 0 Å². The van der Waals surface area contributed by atoms with Crippen LogP contribution in [-0.4, -0.2) is 41.2 Å². The van der Waals surface area contributed by atoms with Crippen molar-refractivity contribution >= 4 is 17.2 Å². The average molecular weight is 354 g/mol. The zero-order valence-corrected chi connectivity index (χ0v) is 15.2. The molecule has 2 aromatic heterocycles. The number of nitrogens with zero attached hydrogens (tertiary/aromatic N) is 3. The molecule has 5 nitrogen and oxygen atoms in total. The molecular weight excluding hydrogens is 332 g/mol. The quantitative estimate of drug-likeness (QED) is 0.710. The van der Waals surface area contributed by atoms with Crippen LogP contribution in [0.1, 0.15) is 16.5 Å². The predicted octanol–water partition coefficient (Wildman–Crippen LogP) is 2.90. The van der Waals surface area contributed by atoms with Crippen LogP contribution in [0, 0.1) is 0 Å². The second-order valence-corrected chi connectivity index (χ2v) is 7.08. The number of carbonyl (C=O) groups excluding carboxylic acids is 1. The third-order valence-corrected chi connectivity index (χ3v) is 4.98. The molecule has 2 heterocycles. The third-order valence-electron chi connectivity index (χ3n) is 4.01. The standard InChI is InChI=1S/C19H22N4OS/c1-22(2)17(18-9-6-10-25-18)13-20-19(24)11-15-12-21-23(14-15)16-7-4-3-5-8-16/h3-10,12,14,17H,11,13H2,1-2H3,(H,20,24). The molecule has 0 aliphatic carbocycles. The molecule has 1 unspecified atom stereocenters. The number of hydrogen-bond donors (Lipinski definition) is 1. The van der Waals surface area contributed by atoms with E-state index in [1.54, 1.807) is 22.2 Å². The molecule has 3 aromatic rings. The highest BCUT2D eigenvalue weighted by Crippen LogP contribution is 2.22. The highest BCUT2D eigenvalue weighted by Gasteiger charge is 2.16. The Morgan fingerprint density at radius 1 is 1.24 bits per heavy atom. The van der Waals surface area contributed by atoms with Gasteiger partial charge in [-0.25, -0.2) is 4.68 Å². The lowest BCUT2D eigenvalue weighted by atomic mass is 10.2. The van der Waals surface area contributed by atoms with E-state index in [2.05, 4.69) is 26.8 Å². The molecule has 1 atom stereocenters. The molecule has 0 aliphatic heterocycles. The van der Waals surface area contributed by atoms with E-state index in [9.17, 15) is 4.79 Å². The van der Waals surface area contributed by atoms with Crippen LogP contribution < -0.4 is 5.32 Å². The van der Waals surface area contributed by atoms with Gasteiger partial charge in [0.1, 0.15) is 0 Å². The smallest absolute Gasteiger partial charge is 0.224 e. The van der Waals surface area contributed by atoms with Crippen molar-refractivity contribution in [1.82, 2.24) is 20.0 Å². The number of amides is 1. The number of nitrogens with one attached hydrogen (secondary N) is 1. The first-order valence-electron chi connectivity index (χ1n) is 8.19. The summed E-state index contributed by atoms with van der Waals surface area (Å²) in [4.78, 5) is 15.7. The largest absolute Gasteiger partial charge is 0.354 e. The Bertz CT molecular complexity index is 796. The van der Waals surface area contributed by atoms with Gasteiger partial charge in [0.05, 0.1) is 24.3 Å². The zero-order chi connectivity index (χ0) is 17.6. The summed E-state index contributed by atoms with van der Waals surface area (Å²) >= 11 is 1.71. The van der Waals surface area contributed by atoms with Gasteiger partial charge >= 0.3 is 0 Å². The summed E-state index contributed by atoms with van der Waals surface area (Å²) in [5, 5.41) is 9.43. The number of thiophene rings is 1. The summed E-state index contributed by atoms with van der Waals surface area (Å²) in [5.41, 5.74) is 1.89. The minimum Gasteiger partial charge on any atom is -0.354 e. The molecule has 130 valence electrons. The Morgan fingerprint density at radius 3 is 2.72 bits per heavy atom. The van der Waals surface area contributed by atoms with Gasteiger partial charge in [0.15, 0.2) is 0 Å². The molecule has 6 heteroatoms. The number of benzene rings is 1. The molecule has 25 heavy (non-hydrogen) atoms. The second-order valence-electron chi connectivity index (χ2n) is 6.10. The zero-order valence-electron chi connectivity index (χ0n) is 14.4. The summed E-state index contributed by atoms with van der Waals surface area (Å²) < 4.78 is 1.79. The summed E-state index contributed by atoms with van der Waals surface area (Å²) in [6, 6.07) is 14.2. The van der Waals surface area contributed by atoms with Crippen LogP contribution in [-0.2, 0) is 11.2 Å². The highest BCUT2D eigenvalue weighted by atomic mass is 32.1. The first-order chi connectivity index (χ1) is 12.1. The summed E-state index contributed by atoms with van der Waals surface area (Å²) in [7, 11) is 4.06. The predicted molar refractivity (Wildman–Crippen MR) is 101 cm³/mol. The minimum atomic E-state index is 0.0102. The normalized spacial score (nSPS) is 12.3. The first kappa shape index (κ1) is 17.4. The van der Waals surface area contributed by atoms with E-state index < -0.39 is 0 Å². The molecule has 1 aromatic carbocycles. The lowest BCUT2D eigenvalue weighted by Gasteiger charge is -2.23. The van der Waals surface area contributed by atoms with Gasteiger partial charge in [-0.05, 0) is 43.2 Å². The fourth-order valence-electron chi connectivity index (χ4n) is 2.65. The van der Waals surface area contributed by atoms with Crippen LogP contribution in [0.25, 0.3) is 5.69 Å². The Labute approximate surface area is 151 Å². The van der Waals surface area contributed by atoms with Crippen molar-refractivity contribution in [2.75, 3.05) is 20.6 Å². The van der Waals surface area contributed by atoms with E-state index in [4.69, 9.17) is 0 Å². The molecule has 0 radical (unpaired) electrons. The van der Waals surface area contributed by atoms with E-state index in [1.165, 1.54) is 4.88 Å². The van der Waals surface area contributed by atoms with Gasteiger partial charge in [-0.15, -0.1) is 11.3 Å². The van der Waals surface area contributed by atoms with E-state index in [0.717, 1.165) is 11.3 Å². The number of para-hydroxylation sites is 1. The van der Waals surface area contributed by atoms with Crippen LogP contribution in [0.2, 0.25) is 0 Å². The van der Waals surface area contributed by atoms with E-state index in [0.29, 0.717) is 13.0 Å². The number of likely N-dealkylation sites (N-methyl/N-ethyl adjacent to an activating group) is 1. The lowest BCUT2D eigenvalue weighted by Crippen LogP contribution is -2.34. The van der Waals surface area contributed by atoms with Crippen LogP contribution in [0.15, 0.2) is 60.2 Å². The third kappa shape index (κ3) is 4.55. The Kier molecular flexibility index (Phi) is 5.63. The number of aromatic nitrogens is 2. The van der Waals surface area contributed by atoms with Crippen molar-refractivity contribution in [3.05, 3.63) is 70.7 Å². The Balaban J connectivity index is 1.57. The second kappa shape index (κ2) is 8.09. The highest BCUT2D eigenvalue weighted by molar-refractivity contribution is 7.10. The van der Waals surface area contributed by atoms with Crippen LogP contribution in [0.5, 0.6) is 0 Å². The number of hydrogen-bond acceptors (Lipinski definition) is 4. The average Bonchev–Trinajstić information content (AvgIpc) is 3.28. The van der Waals surface area contributed by atoms with Gasteiger partial charge in [0.25, 0.3) is 0 Å². The van der Waals surface area contributed by atoms with Gasteiger partial charge in [-0.3, -0.25) is 4.79 Å². The van der Waals surface area contributed by atoms with E-state index >= 15 is 0 Å². The molecule has 0 spiro atoms. The Morgan fingerprint density at radius 2 is 2.04 bits per heavy atom. The fourth-order valence-corrected chi connectivity index (χ4v) is 3.57. The van der Waals surface area contributed by atoms with Gasteiger partial charge in [0.2, 0.25) is 5.91 Å². The summed E-state index contributed by atoms with van der Waals surface area (Å²) in [6.07, 6.45) is 3.98. The van der Waals surface area contributed by atoms with Crippen molar-refractivity contribution in [1.29, 1.82) is 0 Å². The Hall–Kier alpha value is -2.44. The summed E-state index contributed by atoms with van der Waals surface area (Å²) in [5.74, 6) is 0.0102. The fraction of sp³-hybridized carbons (Fsp3) is 0.263. The molecular formula is C19H22N4OS. The molecule has 3 rings (SSSR count). The van der Waals surface area contributed by atoms with Crippen molar-refractivity contribution in [2.45, 2.75) is 12.5 Å². The molecule has 0 bridgehead atoms. The molecule has 0 saturated heterocycles. The van der Waals surface area contributed by atoms with Gasteiger partial charge < -0.3 is 10.2 Å². The number of rotatable bonds is 7. The van der Waals surface area contributed by atoms with Gasteiger partial charge in [0, 0.05) is 17.6 Å². The minimum absolute atomic E-state index is 0.0102. The van der Waals surface area contributed by atoms with Crippen LogP contribution >= 0.6 is 11.3 Å². The maximum absolute atomic E-state index is 12.3. The van der Waals surface area contributed by atoms with E-state index in [1.807, 2.05) is 56.7 Å². The SMILES string of the molecule is CN(C)C(CNC(=O)Cc1cnn(-c2ccccc2)c1)c1cccs1. The van der Waals surface area contributed by atoms with Crippen molar-refractivity contribution in [3.8, 4) is 5.69 Å². The molecule has 0 saturated carbocycles. The van der Waals surface area contributed by atoms with Crippen LogP contribution in [0.4, 0.5) is 0 Å². The van der Waals surface area contributed by atoms with Gasteiger partial charge in [-0.1, -0.05) is 24.3 Å². The van der Waals surface area contributed by atoms with Crippen LogP contribution in [0.3, 0.4) is 0 Å². The molecule has 0 fully saturated rings. The number of carbonyl (C=O) groups is 1. The molecule has 1 amide bonds. The van der Waals surface area contributed by atoms with Gasteiger partial charge in [-0.2, -0.15) is 5.10 Å². The molecule has 0 aliphatic rings.